The molecule has 1 atom stereocenters. The van der Waals surface area contributed by atoms with Crippen LogP contribution in [0.5, 0.6) is 0 Å². The van der Waals surface area contributed by atoms with E-state index in [4.69, 9.17) is 15.5 Å². The van der Waals surface area contributed by atoms with E-state index in [1.807, 2.05) is 44.4 Å². The Labute approximate surface area is 219 Å². The first-order valence-corrected chi connectivity index (χ1v) is 12.4. The van der Waals surface area contributed by atoms with Gasteiger partial charge in [0.2, 0.25) is 5.95 Å². The highest BCUT2D eigenvalue weighted by molar-refractivity contribution is 7.09. The van der Waals surface area contributed by atoms with Gasteiger partial charge in [-0.1, -0.05) is 0 Å². The first-order chi connectivity index (χ1) is 17.9. The fourth-order valence-corrected chi connectivity index (χ4v) is 4.68. The molecule has 9 heteroatoms. The van der Waals surface area contributed by atoms with Crippen LogP contribution in [0.25, 0.3) is 6.08 Å². The molecule has 0 radical (unpaired) electrons. The summed E-state index contributed by atoms with van der Waals surface area (Å²) in [5, 5.41) is 38.4. The second-order valence-electron chi connectivity index (χ2n) is 8.53. The third-order valence-corrected chi connectivity index (χ3v) is 6.62. The van der Waals surface area contributed by atoms with Gasteiger partial charge < -0.3 is 15.7 Å². The summed E-state index contributed by atoms with van der Waals surface area (Å²) < 4.78 is 0. The maximum Gasteiger partial charge on any atom is 0.229 e. The summed E-state index contributed by atoms with van der Waals surface area (Å²) in [5.74, 6) is 0.815. The van der Waals surface area contributed by atoms with Crippen LogP contribution in [0.1, 0.15) is 44.6 Å². The molecule has 4 rings (SSSR count). The zero-order chi connectivity index (χ0) is 26.4. The lowest BCUT2D eigenvalue weighted by Crippen LogP contribution is -2.11. The molecule has 0 aliphatic heterocycles. The topological polar surface area (TPSA) is 131 Å². The quantitative estimate of drug-likeness (QED) is 0.246. The molecule has 0 amide bonds. The van der Waals surface area contributed by atoms with Gasteiger partial charge in [0, 0.05) is 46.7 Å². The van der Waals surface area contributed by atoms with Gasteiger partial charge in [-0.05, 0) is 79.9 Å². The highest BCUT2D eigenvalue weighted by Gasteiger charge is 2.19. The number of nitrogens with one attached hydrogen (secondary N) is 2. The molecular formula is C28H25N7OS. The summed E-state index contributed by atoms with van der Waals surface area (Å²) >= 11 is 1.51. The van der Waals surface area contributed by atoms with Crippen LogP contribution in [-0.2, 0) is 6.42 Å². The molecule has 2 aromatic heterocycles. The van der Waals surface area contributed by atoms with Crippen molar-refractivity contribution in [2.75, 3.05) is 10.6 Å². The average molecular weight is 508 g/mol. The number of rotatable bonds is 8. The molecule has 2 aromatic carbocycles. The van der Waals surface area contributed by atoms with Crippen molar-refractivity contribution in [1.29, 1.82) is 10.5 Å². The summed E-state index contributed by atoms with van der Waals surface area (Å²) in [6, 6.07) is 15.1. The maximum absolute atomic E-state index is 11.1. The molecule has 8 nitrogen and oxygen atoms in total. The van der Waals surface area contributed by atoms with E-state index in [2.05, 4.69) is 26.7 Å². The first kappa shape index (κ1) is 25.5. The van der Waals surface area contributed by atoms with Crippen molar-refractivity contribution in [3.63, 3.8) is 0 Å². The molecule has 3 N–H and O–H groups in total. The first-order valence-electron chi connectivity index (χ1n) is 11.5. The molecule has 0 saturated heterocycles. The minimum atomic E-state index is -0.865. The fraction of sp³-hybridized carbons (Fsp3) is 0.179. The number of aryl methyl sites for hydroxylation is 3. The van der Waals surface area contributed by atoms with E-state index in [1.54, 1.807) is 36.5 Å². The average Bonchev–Trinajstić information content (AvgIpc) is 3.29. The minimum absolute atomic E-state index is 0.342. The fourth-order valence-electron chi connectivity index (χ4n) is 3.87. The van der Waals surface area contributed by atoms with Gasteiger partial charge in [0.1, 0.15) is 5.82 Å². The minimum Gasteiger partial charge on any atom is -0.388 e. The van der Waals surface area contributed by atoms with Crippen LogP contribution >= 0.6 is 11.3 Å². The second-order valence-corrected chi connectivity index (χ2v) is 9.47. The van der Waals surface area contributed by atoms with Crippen molar-refractivity contribution in [2.24, 2.45) is 0 Å². The van der Waals surface area contributed by atoms with E-state index in [9.17, 15) is 5.11 Å². The van der Waals surface area contributed by atoms with Crippen LogP contribution in [0.4, 0.5) is 23.1 Å². The van der Waals surface area contributed by atoms with Crippen molar-refractivity contribution in [3.8, 4) is 12.1 Å². The van der Waals surface area contributed by atoms with E-state index >= 15 is 0 Å². The van der Waals surface area contributed by atoms with Crippen molar-refractivity contribution in [3.05, 3.63) is 92.6 Å². The number of hydrogen-bond donors (Lipinski definition) is 3. The number of aliphatic hydroxyl groups is 1. The highest BCUT2D eigenvalue weighted by Crippen LogP contribution is 2.32. The lowest BCUT2D eigenvalue weighted by molar-refractivity contribution is 0.178. The Bertz CT molecular complexity index is 1500. The van der Waals surface area contributed by atoms with E-state index in [1.165, 1.54) is 17.4 Å². The molecule has 1 unspecified atom stereocenters. The smallest absolute Gasteiger partial charge is 0.229 e. The van der Waals surface area contributed by atoms with E-state index < -0.39 is 6.10 Å². The van der Waals surface area contributed by atoms with Gasteiger partial charge in [0.25, 0.3) is 0 Å². The summed E-state index contributed by atoms with van der Waals surface area (Å²) in [7, 11) is 0. The number of thiazole rings is 1. The van der Waals surface area contributed by atoms with Crippen molar-refractivity contribution < 1.29 is 5.11 Å². The third kappa shape index (κ3) is 6.36. The standard InChI is InChI=1S/C28H25N7OS/c1-17-11-21(5-4-10-29)12-18(2)26(17)34-27-23(24(36)13-25-32-19(3)16-37-25)15-31-28(35-27)33-22-8-6-20(14-30)7-9-22/h4-9,11-12,15-16,24,36H,13H2,1-3H3,(H2,31,33,34,35)/b5-4+. The van der Waals surface area contributed by atoms with Crippen LogP contribution in [0.2, 0.25) is 0 Å². The predicted octanol–water partition coefficient (Wildman–Crippen LogP) is 6.03. The third-order valence-electron chi connectivity index (χ3n) is 5.63. The largest absolute Gasteiger partial charge is 0.388 e. The number of aliphatic hydroxyl groups excluding tert-OH is 1. The summed E-state index contributed by atoms with van der Waals surface area (Å²) in [6.07, 6.45) is 4.30. The molecule has 0 bridgehead atoms. The molecule has 184 valence electrons. The molecule has 2 heterocycles. The Morgan fingerprint density at radius 1 is 1.05 bits per heavy atom. The van der Waals surface area contributed by atoms with E-state index in [0.717, 1.165) is 38.8 Å². The molecular weight excluding hydrogens is 482 g/mol. The Hall–Kier alpha value is -4.57. The SMILES string of the molecule is Cc1csc(CC(O)c2cnc(Nc3ccc(C#N)cc3)nc2Nc2c(C)cc(/C=C/C#N)cc2C)n1. The molecule has 0 aliphatic rings. The number of allylic oxidation sites excluding steroid dienone is 1. The van der Waals surface area contributed by atoms with E-state index in [0.29, 0.717) is 29.3 Å². The highest BCUT2D eigenvalue weighted by atomic mass is 32.1. The number of anilines is 4. The Morgan fingerprint density at radius 3 is 2.41 bits per heavy atom. The van der Waals surface area contributed by atoms with Crippen LogP contribution < -0.4 is 10.6 Å². The number of nitrogens with zero attached hydrogens (tertiary/aromatic N) is 5. The van der Waals surface area contributed by atoms with Crippen LogP contribution in [0.15, 0.2) is 54.1 Å². The van der Waals surface area contributed by atoms with Crippen molar-refractivity contribution in [2.45, 2.75) is 33.3 Å². The lowest BCUT2D eigenvalue weighted by Gasteiger charge is -2.19. The maximum atomic E-state index is 11.1. The normalized spacial score (nSPS) is 11.6. The number of nitriles is 2. The monoisotopic (exact) mass is 507 g/mol. The van der Waals surface area contributed by atoms with Gasteiger partial charge in [-0.25, -0.2) is 9.97 Å². The summed E-state index contributed by atoms with van der Waals surface area (Å²) in [4.78, 5) is 13.6. The van der Waals surface area contributed by atoms with Crippen LogP contribution in [-0.4, -0.2) is 20.1 Å². The van der Waals surface area contributed by atoms with E-state index in [-0.39, 0.29) is 0 Å². The lowest BCUT2D eigenvalue weighted by atomic mass is 10.0. The van der Waals surface area contributed by atoms with Crippen molar-refractivity contribution in [1.82, 2.24) is 15.0 Å². The van der Waals surface area contributed by atoms with Gasteiger partial charge in [-0.15, -0.1) is 11.3 Å². The van der Waals surface area contributed by atoms with Crippen LogP contribution in [0, 0.1) is 43.4 Å². The van der Waals surface area contributed by atoms with Crippen molar-refractivity contribution >= 4 is 40.6 Å². The van der Waals surface area contributed by atoms with Gasteiger partial charge in [-0.3, -0.25) is 0 Å². The Balaban J connectivity index is 1.69. The van der Waals surface area contributed by atoms with Gasteiger partial charge >= 0.3 is 0 Å². The molecule has 4 aromatic rings. The molecule has 0 aliphatic carbocycles. The zero-order valence-corrected chi connectivity index (χ0v) is 21.5. The molecule has 0 spiro atoms. The molecule has 0 fully saturated rings. The number of benzene rings is 2. The molecule has 0 saturated carbocycles. The van der Waals surface area contributed by atoms with Gasteiger partial charge in [0.15, 0.2) is 0 Å². The predicted molar refractivity (Wildman–Crippen MR) is 146 cm³/mol. The van der Waals surface area contributed by atoms with Crippen LogP contribution in [0.3, 0.4) is 0 Å². The van der Waals surface area contributed by atoms with Gasteiger partial charge in [0.05, 0.1) is 28.8 Å². The second kappa shape index (κ2) is 11.4. The number of hydrogen-bond acceptors (Lipinski definition) is 9. The zero-order valence-electron chi connectivity index (χ0n) is 20.6. The molecule has 37 heavy (non-hydrogen) atoms. The van der Waals surface area contributed by atoms with Gasteiger partial charge in [-0.2, -0.15) is 15.5 Å². The summed E-state index contributed by atoms with van der Waals surface area (Å²) in [6.45, 7) is 5.88. The Morgan fingerprint density at radius 2 is 1.78 bits per heavy atom. The number of aromatic nitrogens is 3. The summed E-state index contributed by atoms with van der Waals surface area (Å²) in [5.41, 5.74) is 6.47. The Kier molecular flexibility index (Phi) is 7.89.